The summed E-state index contributed by atoms with van der Waals surface area (Å²) in [5.74, 6) is 1.82. The molecule has 1 aromatic heterocycles. The predicted octanol–water partition coefficient (Wildman–Crippen LogP) is 4.24. The van der Waals surface area contributed by atoms with Crippen molar-refractivity contribution in [1.82, 2.24) is 14.8 Å². The van der Waals surface area contributed by atoms with Crippen LogP contribution in [-0.2, 0) is 6.54 Å². The van der Waals surface area contributed by atoms with Crippen LogP contribution in [0.1, 0.15) is 27.2 Å². The third-order valence-electron chi connectivity index (χ3n) is 2.81. The normalized spacial score (nSPS) is 11.2. The maximum atomic E-state index is 14.0. The van der Waals surface area contributed by atoms with E-state index in [2.05, 4.69) is 31.0 Å². The zero-order chi connectivity index (χ0) is 14.5. The van der Waals surface area contributed by atoms with E-state index in [-0.39, 0.29) is 5.82 Å². The van der Waals surface area contributed by atoms with E-state index in [9.17, 15) is 4.39 Å². The van der Waals surface area contributed by atoms with E-state index in [1.807, 2.05) is 10.6 Å². The van der Waals surface area contributed by atoms with Gasteiger partial charge in [-0.25, -0.2) is 4.39 Å². The van der Waals surface area contributed by atoms with Crippen molar-refractivity contribution in [2.24, 2.45) is 5.92 Å². The van der Waals surface area contributed by atoms with E-state index in [0.29, 0.717) is 17.3 Å². The maximum absolute atomic E-state index is 14.0. The lowest BCUT2D eigenvalue weighted by atomic mass is 10.2. The molecule has 0 fully saturated rings. The summed E-state index contributed by atoms with van der Waals surface area (Å²) in [5, 5.41) is 9.31. The fraction of sp³-hybridized carbons (Fsp3) is 0.467. The van der Waals surface area contributed by atoms with Crippen molar-refractivity contribution in [3.8, 4) is 11.4 Å². The first kappa shape index (κ1) is 15.0. The Labute approximate surface area is 123 Å². The molecule has 0 atom stereocenters. The first-order valence-corrected chi connectivity index (χ1v) is 7.93. The Kier molecular flexibility index (Phi) is 5.17. The summed E-state index contributed by atoms with van der Waals surface area (Å²) in [6, 6.07) is 6.73. The molecule has 0 N–H and O–H groups in total. The van der Waals surface area contributed by atoms with Crippen LogP contribution in [0.2, 0.25) is 0 Å². The average Bonchev–Trinajstić information content (AvgIpc) is 2.79. The van der Waals surface area contributed by atoms with E-state index < -0.39 is 0 Å². The zero-order valence-corrected chi connectivity index (χ0v) is 13.0. The minimum absolute atomic E-state index is 0.253. The molecule has 0 bridgehead atoms. The van der Waals surface area contributed by atoms with Gasteiger partial charge in [-0.1, -0.05) is 44.7 Å². The van der Waals surface area contributed by atoms with Crippen LogP contribution in [0.4, 0.5) is 4.39 Å². The highest BCUT2D eigenvalue weighted by atomic mass is 32.2. The zero-order valence-electron chi connectivity index (χ0n) is 12.1. The predicted molar refractivity (Wildman–Crippen MR) is 81.3 cm³/mol. The largest absolute Gasteiger partial charge is 0.302 e. The van der Waals surface area contributed by atoms with E-state index in [1.54, 1.807) is 23.9 Å². The summed E-state index contributed by atoms with van der Waals surface area (Å²) in [5.41, 5.74) is 0.518. The highest BCUT2D eigenvalue weighted by Gasteiger charge is 2.17. The van der Waals surface area contributed by atoms with Gasteiger partial charge in [0, 0.05) is 12.3 Å². The van der Waals surface area contributed by atoms with Crippen LogP contribution in [0.5, 0.6) is 0 Å². The Morgan fingerprint density at radius 2 is 2.00 bits per heavy atom. The first-order chi connectivity index (χ1) is 9.63. The summed E-state index contributed by atoms with van der Waals surface area (Å²) in [4.78, 5) is 0. The van der Waals surface area contributed by atoms with E-state index in [0.717, 1.165) is 23.9 Å². The van der Waals surface area contributed by atoms with Crippen LogP contribution in [0, 0.1) is 11.7 Å². The van der Waals surface area contributed by atoms with Crippen molar-refractivity contribution in [3.05, 3.63) is 30.1 Å². The van der Waals surface area contributed by atoms with Gasteiger partial charge in [-0.2, -0.15) is 0 Å². The van der Waals surface area contributed by atoms with Crippen LogP contribution >= 0.6 is 11.8 Å². The molecule has 0 aliphatic heterocycles. The third-order valence-corrected chi connectivity index (χ3v) is 3.99. The van der Waals surface area contributed by atoms with Crippen LogP contribution in [-0.4, -0.2) is 20.5 Å². The molecule has 108 valence electrons. The second-order valence-electron chi connectivity index (χ2n) is 5.14. The van der Waals surface area contributed by atoms with Gasteiger partial charge >= 0.3 is 0 Å². The number of rotatable bonds is 6. The van der Waals surface area contributed by atoms with Crippen molar-refractivity contribution >= 4 is 11.8 Å². The maximum Gasteiger partial charge on any atom is 0.191 e. The molecule has 2 aromatic rings. The molecule has 0 aliphatic rings. The number of hydrogen-bond acceptors (Lipinski definition) is 3. The third kappa shape index (κ3) is 3.39. The number of hydrogen-bond donors (Lipinski definition) is 0. The number of nitrogens with zero attached hydrogens (tertiary/aromatic N) is 3. The number of thioether (sulfide) groups is 1. The lowest BCUT2D eigenvalue weighted by Crippen LogP contribution is -2.08. The molecular formula is C15H20FN3S. The van der Waals surface area contributed by atoms with E-state index in [4.69, 9.17) is 0 Å². The van der Waals surface area contributed by atoms with Gasteiger partial charge in [-0.05, 0) is 24.5 Å². The van der Waals surface area contributed by atoms with Gasteiger partial charge in [0.1, 0.15) is 5.82 Å². The fourth-order valence-electron chi connectivity index (χ4n) is 1.96. The van der Waals surface area contributed by atoms with Crippen LogP contribution < -0.4 is 0 Å². The molecule has 0 unspecified atom stereocenters. The monoisotopic (exact) mass is 293 g/mol. The highest BCUT2D eigenvalue weighted by Crippen LogP contribution is 2.27. The van der Waals surface area contributed by atoms with Crippen molar-refractivity contribution < 1.29 is 4.39 Å². The highest BCUT2D eigenvalue weighted by molar-refractivity contribution is 7.99. The smallest absolute Gasteiger partial charge is 0.191 e. The molecule has 0 aliphatic carbocycles. The molecular weight excluding hydrogens is 273 g/mol. The van der Waals surface area contributed by atoms with Gasteiger partial charge in [0.2, 0.25) is 0 Å². The van der Waals surface area contributed by atoms with Crippen molar-refractivity contribution in [3.63, 3.8) is 0 Å². The first-order valence-electron chi connectivity index (χ1n) is 6.94. The summed E-state index contributed by atoms with van der Waals surface area (Å²) < 4.78 is 16.0. The summed E-state index contributed by atoms with van der Waals surface area (Å²) in [6.45, 7) is 7.20. The molecule has 0 amide bonds. The van der Waals surface area contributed by atoms with Crippen molar-refractivity contribution in [2.45, 2.75) is 38.9 Å². The molecule has 0 saturated heterocycles. The van der Waals surface area contributed by atoms with Gasteiger partial charge in [0.25, 0.3) is 0 Å². The Hall–Kier alpha value is -1.36. The SMILES string of the molecule is CCCSc1nnc(-c2ccccc2F)n1CC(C)C. The summed E-state index contributed by atoms with van der Waals surface area (Å²) >= 11 is 1.68. The average molecular weight is 293 g/mol. The van der Waals surface area contributed by atoms with E-state index >= 15 is 0 Å². The standard InChI is InChI=1S/C15H20FN3S/c1-4-9-20-15-18-17-14(19(15)10-11(2)3)12-7-5-6-8-13(12)16/h5-8,11H,4,9-10H2,1-3H3. The molecule has 3 nitrogen and oxygen atoms in total. The minimum atomic E-state index is -0.253. The van der Waals surface area contributed by atoms with Gasteiger partial charge in [-0.3, -0.25) is 0 Å². The molecule has 20 heavy (non-hydrogen) atoms. The molecule has 0 saturated carbocycles. The Bertz CT molecular complexity index is 566. The Morgan fingerprint density at radius 3 is 2.65 bits per heavy atom. The van der Waals surface area contributed by atoms with Gasteiger partial charge in [-0.15, -0.1) is 10.2 Å². The fourth-order valence-corrected chi connectivity index (χ4v) is 2.76. The van der Waals surface area contributed by atoms with Gasteiger partial charge in [0.15, 0.2) is 11.0 Å². The second-order valence-corrected chi connectivity index (χ2v) is 6.20. The molecule has 1 aromatic carbocycles. The number of aromatic nitrogens is 3. The second kappa shape index (κ2) is 6.88. The topological polar surface area (TPSA) is 30.7 Å². The molecule has 1 heterocycles. The quantitative estimate of drug-likeness (QED) is 0.746. The lowest BCUT2D eigenvalue weighted by Gasteiger charge is -2.12. The summed E-state index contributed by atoms with van der Waals surface area (Å²) in [7, 11) is 0. The van der Waals surface area contributed by atoms with Crippen LogP contribution in [0.25, 0.3) is 11.4 Å². The summed E-state index contributed by atoms with van der Waals surface area (Å²) in [6.07, 6.45) is 1.08. The van der Waals surface area contributed by atoms with Crippen molar-refractivity contribution in [2.75, 3.05) is 5.75 Å². The van der Waals surface area contributed by atoms with Crippen LogP contribution in [0.15, 0.2) is 29.4 Å². The lowest BCUT2D eigenvalue weighted by molar-refractivity contribution is 0.496. The Morgan fingerprint density at radius 1 is 1.25 bits per heavy atom. The molecule has 0 spiro atoms. The molecule has 0 radical (unpaired) electrons. The van der Waals surface area contributed by atoms with Crippen molar-refractivity contribution in [1.29, 1.82) is 0 Å². The number of benzene rings is 1. The molecule has 5 heteroatoms. The number of halogens is 1. The van der Waals surface area contributed by atoms with Crippen LogP contribution in [0.3, 0.4) is 0 Å². The molecule has 2 rings (SSSR count). The Balaban J connectivity index is 2.42. The van der Waals surface area contributed by atoms with Gasteiger partial charge in [0.05, 0.1) is 5.56 Å². The van der Waals surface area contributed by atoms with E-state index in [1.165, 1.54) is 6.07 Å². The minimum Gasteiger partial charge on any atom is -0.302 e. The van der Waals surface area contributed by atoms with Gasteiger partial charge < -0.3 is 4.57 Å².